The van der Waals surface area contributed by atoms with Crippen LogP contribution >= 0.6 is 11.3 Å². The first-order chi connectivity index (χ1) is 5.72. The minimum absolute atomic E-state index is 0.237. The van der Waals surface area contributed by atoms with Crippen LogP contribution in [0, 0.1) is 6.92 Å². The Balaban J connectivity index is 2.53. The van der Waals surface area contributed by atoms with Crippen molar-refractivity contribution >= 4 is 17.3 Å². The van der Waals surface area contributed by atoms with Crippen LogP contribution < -0.4 is 17.0 Å². The summed E-state index contributed by atoms with van der Waals surface area (Å²) in [7, 11) is 0. The lowest BCUT2D eigenvalue weighted by Crippen LogP contribution is -2.37. The van der Waals surface area contributed by atoms with Gasteiger partial charge in [0.2, 0.25) is 5.96 Å². The lowest BCUT2D eigenvalue weighted by molar-refractivity contribution is 0.964. The first-order valence-corrected chi connectivity index (χ1v) is 4.22. The summed E-state index contributed by atoms with van der Waals surface area (Å²) in [4.78, 5) is 9.11. The van der Waals surface area contributed by atoms with Crippen LogP contribution in [0.15, 0.2) is 11.2 Å². The number of nitrogens with one attached hydrogen (secondary N) is 1. The van der Waals surface area contributed by atoms with E-state index < -0.39 is 0 Å². The van der Waals surface area contributed by atoms with Crippen molar-refractivity contribution in [2.24, 2.45) is 16.6 Å². The fourth-order valence-corrected chi connectivity index (χ4v) is 1.41. The number of nitrogens with two attached hydrogens (primary N) is 2. The molecule has 5 nitrogen and oxygen atoms in total. The molecule has 5 N–H and O–H groups in total. The standard InChI is InChI=1S/C6H11N5S/c1-4-9-2-5(12-4)3-10-6(7)11-8/h2H,3,8H2,1H3,(H3,7,10,11). The summed E-state index contributed by atoms with van der Waals surface area (Å²) < 4.78 is 0. The Labute approximate surface area is 74.5 Å². The first-order valence-electron chi connectivity index (χ1n) is 3.40. The van der Waals surface area contributed by atoms with Crippen molar-refractivity contribution in [1.29, 1.82) is 0 Å². The number of hydrogen-bond donors (Lipinski definition) is 3. The second-order valence-electron chi connectivity index (χ2n) is 2.19. The molecule has 0 aliphatic heterocycles. The summed E-state index contributed by atoms with van der Waals surface area (Å²) in [5, 5.41) is 1.03. The van der Waals surface area contributed by atoms with Gasteiger partial charge in [-0.3, -0.25) is 5.43 Å². The zero-order chi connectivity index (χ0) is 8.97. The van der Waals surface area contributed by atoms with Gasteiger partial charge in [0.25, 0.3) is 0 Å². The van der Waals surface area contributed by atoms with Crippen molar-refractivity contribution in [2.45, 2.75) is 13.5 Å². The molecule has 1 aromatic rings. The van der Waals surface area contributed by atoms with E-state index in [9.17, 15) is 0 Å². The molecular weight excluding hydrogens is 174 g/mol. The second kappa shape index (κ2) is 4.03. The number of aliphatic imine (C=N–C) groups is 1. The molecule has 0 spiro atoms. The molecule has 0 bridgehead atoms. The molecule has 0 radical (unpaired) electrons. The molecule has 0 saturated heterocycles. The van der Waals surface area contributed by atoms with Gasteiger partial charge in [-0.15, -0.1) is 11.3 Å². The quantitative estimate of drug-likeness (QED) is 0.256. The molecule has 1 aromatic heterocycles. The summed E-state index contributed by atoms with van der Waals surface area (Å²) in [5.41, 5.74) is 7.58. The van der Waals surface area contributed by atoms with E-state index in [4.69, 9.17) is 11.6 Å². The average molecular weight is 185 g/mol. The topological polar surface area (TPSA) is 89.3 Å². The molecule has 0 aromatic carbocycles. The van der Waals surface area contributed by atoms with E-state index in [-0.39, 0.29) is 5.96 Å². The van der Waals surface area contributed by atoms with Crippen LogP contribution in [0.25, 0.3) is 0 Å². The van der Waals surface area contributed by atoms with Gasteiger partial charge in [0.1, 0.15) is 0 Å². The molecule has 1 heterocycles. The van der Waals surface area contributed by atoms with Crippen molar-refractivity contribution in [2.75, 3.05) is 0 Å². The molecule has 1 rings (SSSR count). The average Bonchev–Trinajstić information content (AvgIpc) is 2.47. The van der Waals surface area contributed by atoms with Crippen LogP contribution in [0.5, 0.6) is 0 Å². The van der Waals surface area contributed by atoms with Crippen LogP contribution in [0.3, 0.4) is 0 Å². The Kier molecular flexibility index (Phi) is 3.01. The number of aryl methyl sites for hydroxylation is 1. The Morgan fingerprint density at radius 2 is 2.58 bits per heavy atom. The number of aromatic nitrogens is 1. The maximum absolute atomic E-state index is 5.33. The van der Waals surface area contributed by atoms with Gasteiger partial charge in [-0.05, 0) is 6.92 Å². The predicted molar refractivity (Wildman–Crippen MR) is 49.5 cm³/mol. The maximum atomic E-state index is 5.33. The fraction of sp³-hybridized carbons (Fsp3) is 0.333. The SMILES string of the molecule is Cc1ncc(CN=C(N)NN)s1. The molecule has 0 fully saturated rings. The molecule has 12 heavy (non-hydrogen) atoms. The number of guanidine groups is 1. The summed E-state index contributed by atoms with van der Waals surface area (Å²) >= 11 is 1.60. The van der Waals surface area contributed by atoms with Gasteiger partial charge in [-0.1, -0.05) is 0 Å². The maximum Gasteiger partial charge on any atom is 0.203 e. The van der Waals surface area contributed by atoms with Crippen molar-refractivity contribution in [3.05, 3.63) is 16.1 Å². The van der Waals surface area contributed by atoms with Crippen LogP contribution in [0.2, 0.25) is 0 Å². The second-order valence-corrected chi connectivity index (χ2v) is 3.51. The van der Waals surface area contributed by atoms with Gasteiger partial charge in [0.05, 0.1) is 11.6 Å². The van der Waals surface area contributed by atoms with Crippen LogP contribution in [-0.4, -0.2) is 10.9 Å². The Morgan fingerprint density at radius 1 is 1.83 bits per heavy atom. The van der Waals surface area contributed by atoms with Gasteiger partial charge in [-0.25, -0.2) is 15.8 Å². The Morgan fingerprint density at radius 3 is 3.08 bits per heavy atom. The Bertz CT molecular complexity index is 279. The summed E-state index contributed by atoms with van der Waals surface area (Å²) in [5.74, 6) is 5.26. The smallest absolute Gasteiger partial charge is 0.203 e. The number of nitrogens with zero attached hydrogens (tertiary/aromatic N) is 2. The Hall–Kier alpha value is -1.14. The predicted octanol–water partition coefficient (Wildman–Crippen LogP) is -0.270. The van der Waals surface area contributed by atoms with E-state index in [0.29, 0.717) is 6.54 Å². The summed E-state index contributed by atoms with van der Waals surface area (Å²) in [6.07, 6.45) is 1.79. The zero-order valence-electron chi connectivity index (χ0n) is 6.74. The van der Waals surface area contributed by atoms with Crippen molar-refractivity contribution in [3.8, 4) is 0 Å². The van der Waals surface area contributed by atoms with E-state index in [1.807, 2.05) is 6.92 Å². The molecule has 0 aliphatic carbocycles. The van der Waals surface area contributed by atoms with Crippen molar-refractivity contribution in [1.82, 2.24) is 10.4 Å². The van der Waals surface area contributed by atoms with Gasteiger partial charge >= 0.3 is 0 Å². The highest BCUT2D eigenvalue weighted by Crippen LogP contribution is 2.11. The third kappa shape index (κ3) is 2.48. The molecule has 0 amide bonds. The number of hydrazine groups is 1. The highest BCUT2D eigenvalue weighted by molar-refractivity contribution is 7.11. The molecular formula is C6H11N5S. The van der Waals surface area contributed by atoms with E-state index in [2.05, 4.69) is 15.4 Å². The zero-order valence-corrected chi connectivity index (χ0v) is 7.56. The highest BCUT2D eigenvalue weighted by atomic mass is 32.1. The van der Waals surface area contributed by atoms with Gasteiger partial charge < -0.3 is 5.73 Å². The van der Waals surface area contributed by atoms with Gasteiger partial charge in [0, 0.05) is 11.1 Å². The monoisotopic (exact) mass is 185 g/mol. The van der Waals surface area contributed by atoms with Crippen LogP contribution in [-0.2, 0) is 6.54 Å². The van der Waals surface area contributed by atoms with E-state index >= 15 is 0 Å². The molecule has 66 valence electrons. The third-order valence-electron chi connectivity index (χ3n) is 1.22. The van der Waals surface area contributed by atoms with Crippen LogP contribution in [0.1, 0.15) is 9.88 Å². The fourth-order valence-electron chi connectivity index (χ4n) is 0.687. The van der Waals surface area contributed by atoms with E-state index in [0.717, 1.165) is 9.88 Å². The third-order valence-corrected chi connectivity index (χ3v) is 2.12. The molecule has 0 unspecified atom stereocenters. The first kappa shape index (κ1) is 8.95. The van der Waals surface area contributed by atoms with Gasteiger partial charge in [-0.2, -0.15) is 0 Å². The lowest BCUT2D eigenvalue weighted by atomic mass is 10.5. The van der Waals surface area contributed by atoms with Crippen molar-refractivity contribution in [3.63, 3.8) is 0 Å². The van der Waals surface area contributed by atoms with Crippen molar-refractivity contribution < 1.29 is 0 Å². The molecule has 0 aliphatic rings. The lowest BCUT2D eigenvalue weighted by Gasteiger charge is -1.95. The number of hydrogen-bond acceptors (Lipinski definition) is 4. The molecule has 0 saturated carbocycles. The highest BCUT2D eigenvalue weighted by Gasteiger charge is 1.95. The van der Waals surface area contributed by atoms with Gasteiger partial charge in [0.15, 0.2) is 0 Å². The molecule has 0 atom stereocenters. The normalized spacial score (nSPS) is 11.7. The summed E-state index contributed by atoms with van der Waals surface area (Å²) in [6, 6.07) is 0. The molecule has 6 heteroatoms. The number of thiazole rings is 1. The van der Waals surface area contributed by atoms with E-state index in [1.54, 1.807) is 17.5 Å². The van der Waals surface area contributed by atoms with E-state index in [1.165, 1.54) is 0 Å². The number of rotatable bonds is 2. The van der Waals surface area contributed by atoms with Crippen LogP contribution in [0.4, 0.5) is 0 Å². The minimum Gasteiger partial charge on any atom is -0.369 e. The minimum atomic E-state index is 0.237. The summed E-state index contributed by atoms with van der Waals surface area (Å²) in [6.45, 7) is 2.48. The largest absolute Gasteiger partial charge is 0.369 e.